The van der Waals surface area contributed by atoms with Crippen LogP contribution in [-0.2, 0) is 65.0 Å². The highest BCUT2D eigenvalue weighted by atomic mass is 32.2. The molecule has 1 aliphatic carbocycles. The van der Waals surface area contributed by atoms with E-state index in [1.807, 2.05) is 0 Å². The summed E-state index contributed by atoms with van der Waals surface area (Å²) >= 11 is 2.54. The number of anilines is 1. The fourth-order valence-corrected chi connectivity index (χ4v) is 12.5. The van der Waals surface area contributed by atoms with Crippen LogP contribution in [0.4, 0.5) is 10.6 Å². The first-order valence-corrected chi connectivity index (χ1v) is 34.1. The quantitative estimate of drug-likeness (QED) is 0.0113. The summed E-state index contributed by atoms with van der Waals surface area (Å²) in [4.78, 5) is 131. The van der Waals surface area contributed by atoms with Crippen molar-refractivity contribution < 1.29 is 97.8 Å². The van der Waals surface area contributed by atoms with Crippen LogP contribution in [0.3, 0.4) is 0 Å². The minimum absolute atomic E-state index is 0.00451. The Morgan fingerprint density at radius 3 is 2.19 bits per heavy atom. The number of methoxy groups -OCH3 is 1. The number of aliphatic hydroxyl groups excluding tert-OH is 7. The molecular formula is C56H86N17O20S3+. The van der Waals surface area contributed by atoms with Gasteiger partial charge in [-0.15, -0.1) is 22.7 Å². The zero-order chi connectivity index (χ0) is 71.0. The topological polar surface area (TPSA) is 607 Å². The monoisotopic (exact) mass is 1410 g/mol. The number of aromatic nitrogens is 6. The molecule has 0 bridgehead atoms. The van der Waals surface area contributed by atoms with E-state index in [2.05, 4.69) is 74.3 Å². The highest BCUT2D eigenvalue weighted by Crippen LogP contribution is 2.45. The van der Waals surface area contributed by atoms with E-state index in [-0.39, 0.29) is 64.9 Å². The molecule has 4 unspecified atom stereocenters. The summed E-state index contributed by atoms with van der Waals surface area (Å²) in [5.41, 5.74) is 28.2. The smallest absolute Gasteiger partial charge is 0.404 e. The molecule has 0 radical (unpaired) electrons. The number of amides is 8. The highest BCUT2D eigenvalue weighted by molar-refractivity contribution is 7.95. The molecule has 19 atom stereocenters. The molecule has 37 nitrogen and oxygen atoms in total. The van der Waals surface area contributed by atoms with Crippen LogP contribution in [0.1, 0.15) is 88.8 Å². The van der Waals surface area contributed by atoms with Gasteiger partial charge in [-0.2, -0.15) is 0 Å². The Kier molecular flexibility index (Phi) is 29.0. The van der Waals surface area contributed by atoms with Gasteiger partial charge in [0.2, 0.25) is 29.5 Å². The number of nitrogens with zero attached hydrogens (tertiary/aromatic N) is 5. The second kappa shape index (κ2) is 35.8. The SMILES string of the molecule is COCC1O[C@H](O[C@@H](C2C(CO)[C@H]2O)[C@@H](O)O[C@@H](c2cnc[nH]2)[C@H](NC(=O)c2nc([C@H](CC(N)=O)NC[C@H](N)C(N)=O)nc(N)c2C)C(=O)N[C@H](C)[C@@H](O)[C@H](C)C(=O)N[C@H](C(=O)NCCc2nc(-c3nc(C(=O)NCCC[S+](C)C)cs3)cs2)[C@@H](C)O)C(O)[C@H](OC(N)=O)[C@@H]1O. The van der Waals surface area contributed by atoms with Gasteiger partial charge >= 0.3 is 6.09 Å². The van der Waals surface area contributed by atoms with Crippen LogP contribution in [0.25, 0.3) is 10.7 Å². The van der Waals surface area contributed by atoms with Gasteiger partial charge in [0.25, 0.3) is 11.8 Å². The molecule has 0 spiro atoms. The number of imidazole rings is 1. The largest absolute Gasteiger partial charge is 0.441 e. The zero-order valence-corrected chi connectivity index (χ0v) is 55.9. The number of nitrogens with one attached hydrogen (secondary N) is 7. The first-order chi connectivity index (χ1) is 45.4. The van der Waals surface area contributed by atoms with Crippen LogP contribution in [0.2, 0.25) is 0 Å². The number of thiazole rings is 2. The summed E-state index contributed by atoms with van der Waals surface area (Å²) in [6.07, 6.45) is -14.5. The fraction of sp³-hybridized carbons (Fsp3) is 0.625. The van der Waals surface area contributed by atoms with Crippen LogP contribution in [0.15, 0.2) is 23.3 Å². The molecule has 532 valence electrons. The van der Waals surface area contributed by atoms with Gasteiger partial charge in [0.15, 0.2) is 18.7 Å². The molecule has 24 N–H and O–H groups in total. The van der Waals surface area contributed by atoms with Gasteiger partial charge in [0, 0.05) is 80.8 Å². The molecule has 96 heavy (non-hydrogen) atoms. The Morgan fingerprint density at radius 1 is 0.854 bits per heavy atom. The first kappa shape index (κ1) is 77.7. The Morgan fingerprint density at radius 2 is 1.57 bits per heavy atom. The molecule has 4 aromatic heterocycles. The number of hydrogen-bond donors (Lipinski definition) is 19. The summed E-state index contributed by atoms with van der Waals surface area (Å²) in [6.45, 7) is 4.17. The van der Waals surface area contributed by atoms with Gasteiger partial charge in [-0.3, -0.25) is 33.6 Å². The lowest BCUT2D eigenvalue weighted by molar-refractivity contribution is -0.334. The maximum Gasteiger partial charge on any atom is 0.404 e. The van der Waals surface area contributed by atoms with E-state index < -0.39 is 182 Å². The molecule has 4 aromatic rings. The molecule has 6 rings (SSSR count). The van der Waals surface area contributed by atoms with Gasteiger partial charge in [0.05, 0.1) is 84.7 Å². The third-order valence-corrected chi connectivity index (χ3v) is 18.6. The Labute approximate surface area is 560 Å². The molecule has 2 aliphatic rings. The molecule has 1 saturated carbocycles. The van der Waals surface area contributed by atoms with Crippen molar-refractivity contribution in [2.75, 3.05) is 64.0 Å². The molecule has 1 saturated heterocycles. The third-order valence-electron chi connectivity index (χ3n) is 15.7. The number of hydrogen-bond acceptors (Lipinski definition) is 30. The van der Waals surface area contributed by atoms with Gasteiger partial charge in [-0.1, -0.05) is 6.92 Å². The number of nitrogen functional groups attached to an aromatic ring is 1. The summed E-state index contributed by atoms with van der Waals surface area (Å²) < 4.78 is 28.3. The lowest BCUT2D eigenvalue weighted by Gasteiger charge is -2.43. The standard InChI is InChI=1S/C56H85N17O20S3/c1-21-35(70-47(73-45(21)59)27(13-32(58)76)65-14-26(57)46(60)81)51(85)72-37(42(28-15-62-20-66-28)91-54(87)43(34-25(16-74)39(34)78)92-55-41(80)44(93-56(61)88)40(79)31(90-55)17-89-5)52(86)67-23(3)38(77)22(2)48(82)71-36(24(4)75)50(84)64-11-9-33-68-30(19-94-33)53-69-29(18-95-53)49(83)63-10-8-12-96(6)7/h15,18-20,22-27,31,34,36-44,54-55,65,74-75,77-80,87H,8-14,16-17,57H2,1-7H3,(H13-,58,59,60,61,62,63,64,66,67,70,71,72,73,76,81,82,83,84,85,86,88)/p+1/t22-,23+,24+,25?,26-,27-,31?,34?,36-,37-,38-,39+,40+,41?,42-,43-,44+,54-,55+/m0/s1. The molecule has 8 amide bonds. The number of carbonyl (C=O) groups excluding carboxylic acids is 8. The van der Waals surface area contributed by atoms with Crippen LogP contribution in [-0.4, -0.2) is 257 Å². The lowest BCUT2D eigenvalue weighted by atomic mass is 9.96. The predicted molar refractivity (Wildman–Crippen MR) is 342 cm³/mol. The van der Waals surface area contributed by atoms with Crippen LogP contribution in [0, 0.1) is 24.7 Å². The van der Waals surface area contributed by atoms with E-state index in [1.165, 1.54) is 57.5 Å². The lowest BCUT2D eigenvalue weighted by Crippen LogP contribution is -2.62. The minimum Gasteiger partial charge on any atom is -0.441 e. The second-order valence-corrected chi connectivity index (χ2v) is 27.4. The molecule has 40 heteroatoms. The normalized spacial score (nSPS) is 22.8. The molecule has 0 aromatic carbocycles. The van der Waals surface area contributed by atoms with Crippen molar-refractivity contribution in [1.82, 2.24) is 61.8 Å². The van der Waals surface area contributed by atoms with Crippen molar-refractivity contribution in [3.63, 3.8) is 0 Å². The number of primary amides is 3. The highest BCUT2D eigenvalue weighted by Gasteiger charge is 2.59. The van der Waals surface area contributed by atoms with E-state index >= 15 is 4.79 Å². The number of nitrogens with two attached hydrogens (primary N) is 5. The average molecular weight is 1410 g/mol. The van der Waals surface area contributed by atoms with Crippen molar-refractivity contribution >= 4 is 86.8 Å². The van der Waals surface area contributed by atoms with Crippen molar-refractivity contribution in [2.45, 2.75) is 145 Å². The Bertz CT molecular complexity index is 3280. The molecular weight excluding hydrogens is 1330 g/mol. The molecule has 1 aliphatic heterocycles. The zero-order valence-electron chi connectivity index (χ0n) is 53.4. The maximum atomic E-state index is 15.1. The van der Waals surface area contributed by atoms with Gasteiger partial charge in [0.1, 0.15) is 82.1 Å². The Balaban J connectivity index is 1.25. The summed E-state index contributed by atoms with van der Waals surface area (Å²) in [7, 11) is 1.49. The van der Waals surface area contributed by atoms with Crippen molar-refractivity contribution in [3.05, 3.63) is 56.8 Å². The van der Waals surface area contributed by atoms with Gasteiger partial charge in [-0.25, -0.2) is 29.7 Å². The van der Waals surface area contributed by atoms with E-state index in [1.54, 1.807) is 10.8 Å². The van der Waals surface area contributed by atoms with Gasteiger partial charge < -0.3 is 125 Å². The van der Waals surface area contributed by atoms with Crippen LogP contribution in [0.5, 0.6) is 0 Å². The van der Waals surface area contributed by atoms with E-state index in [0.29, 0.717) is 22.3 Å². The number of H-pyrrole nitrogens is 1. The van der Waals surface area contributed by atoms with Crippen molar-refractivity contribution in [1.29, 1.82) is 0 Å². The van der Waals surface area contributed by atoms with E-state index in [9.17, 15) is 69.3 Å². The number of carbonyl (C=O) groups is 8. The van der Waals surface area contributed by atoms with E-state index in [4.69, 9.17) is 52.4 Å². The van der Waals surface area contributed by atoms with Crippen molar-refractivity contribution in [3.8, 4) is 10.7 Å². The molecule has 5 heterocycles. The number of rotatable bonds is 38. The summed E-state index contributed by atoms with van der Waals surface area (Å²) in [6, 6.07) is -7.75. The number of ether oxygens (including phenoxy) is 5. The summed E-state index contributed by atoms with van der Waals surface area (Å²) in [5.74, 6) is -9.84. The number of aliphatic hydroxyl groups is 7. The average Bonchev–Trinajstić information content (AvgIpc) is 1.58. The predicted octanol–water partition coefficient (Wildman–Crippen LogP) is -6.57. The van der Waals surface area contributed by atoms with Gasteiger partial charge in [-0.05, 0) is 31.7 Å². The van der Waals surface area contributed by atoms with Crippen LogP contribution >= 0.6 is 22.7 Å². The Hall–Kier alpha value is -7.26. The summed E-state index contributed by atoms with van der Waals surface area (Å²) in [5, 5.41) is 98.8. The third kappa shape index (κ3) is 20.9. The maximum absolute atomic E-state index is 15.1. The first-order valence-electron chi connectivity index (χ1n) is 30.1. The van der Waals surface area contributed by atoms with Crippen molar-refractivity contribution in [2.24, 2.45) is 40.7 Å². The molecule has 2 fully saturated rings. The second-order valence-electron chi connectivity index (χ2n) is 23.2. The van der Waals surface area contributed by atoms with E-state index in [0.717, 1.165) is 24.7 Å². The van der Waals surface area contributed by atoms with Crippen LogP contribution < -0.4 is 60.6 Å². The minimum atomic E-state index is -2.41. The fourth-order valence-electron chi connectivity index (χ4n) is 10.1. The number of aromatic amines is 1.